The minimum atomic E-state index is -4.59. The van der Waals surface area contributed by atoms with E-state index in [9.17, 15) is 19.4 Å². The molecule has 0 radical (unpaired) electrons. The maximum Gasteiger partial charge on any atom is 0.268 e. The SMILES string of the molecule is CCCCCCCCCCCCCCCCCC/C=C/C(O)C(COP(=O)([O-])OCC[N+](C)(C)C)NC(=O)CCCCCCCCCCCCCCCCCCCCCCCCCCC. The highest BCUT2D eigenvalue weighted by Gasteiger charge is 2.23. The topological polar surface area (TPSA) is 108 Å². The summed E-state index contributed by atoms with van der Waals surface area (Å²) < 4.78 is 23.3. The fourth-order valence-corrected chi connectivity index (χ4v) is 9.47. The number of rotatable bonds is 53. The molecular formula is C56H113N2O6P. The van der Waals surface area contributed by atoms with E-state index in [1.54, 1.807) is 6.08 Å². The van der Waals surface area contributed by atoms with Gasteiger partial charge in [-0.15, -0.1) is 0 Å². The molecule has 0 rings (SSSR count). The van der Waals surface area contributed by atoms with Gasteiger partial charge < -0.3 is 28.8 Å². The molecule has 0 bridgehead atoms. The highest BCUT2D eigenvalue weighted by molar-refractivity contribution is 7.45. The van der Waals surface area contributed by atoms with Crippen molar-refractivity contribution < 1.29 is 32.9 Å². The monoisotopic (exact) mass is 941 g/mol. The van der Waals surface area contributed by atoms with Gasteiger partial charge >= 0.3 is 0 Å². The summed E-state index contributed by atoms with van der Waals surface area (Å²) in [5, 5.41) is 13.9. The molecule has 0 aromatic heterocycles. The van der Waals surface area contributed by atoms with Gasteiger partial charge in [-0.3, -0.25) is 9.36 Å². The number of phosphoric ester groups is 1. The summed E-state index contributed by atoms with van der Waals surface area (Å²) in [6, 6.07) is -0.881. The van der Waals surface area contributed by atoms with Crippen molar-refractivity contribution in [2.24, 2.45) is 0 Å². The van der Waals surface area contributed by atoms with Crippen LogP contribution in [0.2, 0.25) is 0 Å². The number of allylic oxidation sites excluding steroid dienone is 1. The summed E-state index contributed by atoms with van der Waals surface area (Å²) in [6.45, 7) is 4.70. The predicted molar refractivity (Wildman–Crippen MR) is 279 cm³/mol. The first-order chi connectivity index (χ1) is 31.5. The lowest BCUT2D eigenvalue weighted by Gasteiger charge is -2.29. The molecular weight excluding hydrogens is 828 g/mol. The van der Waals surface area contributed by atoms with Crippen LogP contribution in [0.15, 0.2) is 12.2 Å². The van der Waals surface area contributed by atoms with Gasteiger partial charge in [0.05, 0.1) is 39.9 Å². The van der Waals surface area contributed by atoms with Crippen LogP contribution in [0.1, 0.15) is 290 Å². The van der Waals surface area contributed by atoms with Gasteiger partial charge in [0, 0.05) is 6.42 Å². The number of carbonyl (C=O) groups excluding carboxylic acids is 1. The number of nitrogens with zero attached hydrogens (tertiary/aromatic N) is 1. The van der Waals surface area contributed by atoms with Crippen molar-refractivity contribution in [3.63, 3.8) is 0 Å². The van der Waals surface area contributed by atoms with Crippen LogP contribution < -0.4 is 10.2 Å². The first-order valence-electron chi connectivity index (χ1n) is 28.6. The molecule has 0 saturated carbocycles. The Morgan fingerprint density at radius 1 is 0.523 bits per heavy atom. The van der Waals surface area contributed by atoms with Crippen molar-refractivity contribution in [3.05, 3.63) is 12.2 Å². The molecule has 2 N–H and O–H groups in total. The minimum Gasteiger partial charge on any atom is -0.756 e. The molecule has 0 aliphatic heterocycles. The summed E-state index contributed by atoms with van der Waals surface area (Å²) in [5.41, 5.74) is 0. The van der Waals surface area contributed by atoms with E-state index in [0.29, 0.717) is 17.4 Å². The quantitative estimate of drug-likeness (QED) is 0.0272. The number of hydrogen-bond donors (Lipinski definition) is 2. The second-order valence-electron chi connectivity index (χ2n) is 21.0. The van der Waals surface area contributed by atoms with E-state index in [1.165, 1.54) is 231 Å². The number of hydrogen-bond acceptors (Lipinski definition) is 6. The number of aliphatic hydroxyl groups is 1. The van der Waals surface area contributed by atoms with E-state index >= 15 is 0 Å². The minimum absolute atomic E-state index is 0.00264. The van der Waals surface area contributed by atoms with Crippen molar-refractivity contribution in [2.75, 3.05) is 40.9 Å². The van der Waals surface area contributed by atoms with Gasteiger partial charge in [-0.1, -0.05) is 276 Å². The molecule has 8 nitrogen and oxygen atoms in total. The molecule has 3 atom stereocenters. The Morgan fingerprint density at radius 3 is 1.15 bits per heavy atom. The van der Waals surface area contributed by atoms with Gasteiger partial charge in [0.25, 0.3) is 7.82 Å². The van der Waals surface area contributed by atoms with E-state index in [-0.39, 0.29) is 19.1 Å². The number of carbonyl (C=O) groups is 1. The van der Waals surface area contributed by atoms with Crippen LogP contribution in [-0.2, 0) is 18.4 Å². The van der Waals surface area contributed by atoms with E-state index < -0.39 is 20.0 Å². The highest BCUT2D eigenvalue weighted by atomic mass is 31.2. The molecule has 1 amide bonds. The number of nitrogens with one attached hydrogen (secondary N) is 1. The number of amides is 1. The normalized spacial score (nSPS) is 14.0. The van der Waals surface area contributed by atoms with Crippen LogP contribution >= 0.6 is 7.82 Å². The number of phosphoric acid groups is 1. The Morgan fingerprint density at radius 2 is 0.831 bits per heavy atom. The first kappa shape index (κ1) is 64.2. The fraction of sp³-hybridized carbons (Fsp3) is 0.946. The molecule has 388 valence electrons. The van der Waals surface area contributed by atoms with E-state index in [0.717, 1.165) is 38.5 Å². The predicted octanol–water partition coefficient (Wildman–Crippen LogP) is 16.4. The Balaban J connectivity index is 4.16. The van der Waals surface area contributed by atoms with Gasteiger partial charge in [-0.05, 0) is 19.3 Å². The van der Waals surface area contributed by atoms with Gasteiger partial charge in [-0.2, -0.15) is 0 Å². The second kappa shape index (κ2) is 48.3. The zero-order chi connectivity index (χ0) is 47.8. The van der Waals surface area contributed by atoms with Crippen LogP contribution in [0.4, 0.5) is 0 Å². The number of quaternary nitrogens is 1. The second-order valence-corrected chi connectivity index (χ2v) is 22.4. The molecule has 3 unspecified atom stereocenters. The zero-order valence-electron chi connectivity index (χ0n) is 44.2. The Labute approximate surface area is 405 Å². The molecule has 0 heterocycles. The average Bonchev–Trinajstić information content (AvgIpc) is 3.26. The molecule has 0 aliphatic rings. The third kappa shape index (κ3) is 50.9. The molecule has 0 saturated heterocycles. The lowest BCUT2D eigenvalue weighted by atomic mass is 10.0. The van der Waals surface area contributed by atoms with Gasteiger partial charge in [0.1, 0.15) is 13.2 Å². The van der Waals surface area contributed by atoms with Gasteiger partial charge in [0.2, 0.25) is 5.91 Å². The Hall–Kier alpha value is -0.760. The fourth-order valence-electron chi connectivity index (χ4n) is 8.74. The van der Waals surface area contributed by atoms with E-state index in [2.05, 4.69) is 19.2 Å². The first-order valence-corrected chi connectivity index (χ1v) is 30.0. The molecule has 9 heteroatoms. The van der Waals surface area contributed by atoms with E-state index in [4.69, 9.17) is 9.05 Å². The summed E-state index contributed by atoms with van der Waals surface area (Å²) in [5.74, 6) is -0.190. The van der Waals surface area contributed by atoms with Crippen LogP contribution in [-0.4, -0.2) is 68.5 Å². The lowest BCUT2D eigenvalue weighted by molar-refractivity contribution is -0.870. The van der Waals surface area contributed by atoms with Crippen LogP contribution in [0.3, 0.4) is 0 Å². The lowest BCUT2D eigenvalue weighted by Crippen LogP contribution is -2.45. The molecule has 0 aromatic carbocycles. The molecule has 0 fully saturated rings. The highest BCUT2D eigenvalue weighted by Crippen LogP contribution is 2.38. The number of likely N-dealkylation sites (N-methyl/N-ethyl adjacent to an activating group) is 1. The van der Waals surface area contributed by atoms with Crippen molar-refractivity contribution >= 4 is 13.7 Å². The third-order valence-corrected chi connectivity index (χ3v) is 14.2. The maximum atomic E-state index is 13.0. The number of unbranched alkanes of at least 4 members (excludes halogenated alkanes) is 40. The van der Waals surface area contributed by atoms with Crippen LogP contribution in [0.25, 0.3) is 0 Å². The van der Waals surface area contributed by atoms with Gasteiger partial charge in [0.15, 0.2) is 0 Å². The summed E-state index contributed by atoms with van der Waals surface area (Å²) in [6.07, 6.45) is 58.5. The zero-order valence-corrected chi connectivity index (χ0v) is 45.1. The Kier molecular flexibility index (Phi) is 47.7. The van der Waals surface area contributed by atoms with Crippen molar-refractivity contribution in [2.45, 2.75) is 302 Å². The van der Waals surface area contributed by atoms with E-state index in [1.807, 2.05) is 27.2 Å². The molecule has 0 aliphatic carbocycles. The van der Waals surface area contributed by atoms with Gasteiger partial charge in [-0.25, -0.2) is 0 Å². The van der Waals surface area contributed by atoms with Crippen LogP contribution in [0, 0.1) is 0 Å². The molecule has 0 aromatic rings. The summed E-state index contributed by atoms with van der Waals surface area (Å²) in [4.78, 5) is 25.5. The smallest absolute Gasteiger partial charge is 0.268 e. The average molecular weight is 942 g/mol. The van der Waals surface area contributed by atoms with Crippen molar-refractivity contribution in [1.29, 1.82) is 0 Å². The third-order valence-electron chi connectivity index (χ3n) is 13.2. The number of aliphatic hydroxyl groups excluding tert-OH is 1. The summed E-state index contributed by atoms with van der Waals surface area (Å²) >= 11 is 0. The van der Waals surface area contributed by atoms with Crippen LogP contribution in [0.5, 0.6) is 0 Å². The standard InChI is InChI=1S/C56H113N2O6P/c1-6-8-10-12-14-16-18-20-22-24-26-27-28-29-30-31-32-34-36-38-40-42-44-46-48-50-56(60)57-54(53-64-65(61,62)63-52-51-58(3,4)5)55(59)49-47-45-43-41-39-37-35-33-25-23-21-19-17-15-13-11-9-7-2/h47,49,54-55,59H,6-46,48,50-53H2,1-5H3,(H-,57,60,61,62)/b49-47+. The molecule has 0 spiro atoms. The summed E-state index contributed by atoms with van der Waals surface area (Å²) in [7, 11) is 1.28. The Bertz CT molecular complexity index is 1070. The molecule has 65 heavy (non-hydrogen) atoms. The van der Waals surface area contributed by atoms with Crippen molar-refractivity contribution in [3.8, 4) is 0 Å². The van der Waals surface area contributed by atoms with Crippen molar-refractivity contribution in [1.82, 2.24) is 5.32 Å². The largest absolute Gasteiger partial charge is 0.756 e. The maximum absolute atomic E-state index is 13.0.